The highest BCUT2D eigenvalue weighted by atomic mass is 16.5. The van der Waals surface area contributed by atoms with Gasteiger partial charge in [0.25, 0.3) is 0 Å². The standard InChI is InChI=1S/C10H9N3O3/c1-2-6-9(12-4-3-11-6)8-5-7(10(14)15)13-16-8/h3-5H,2H2,1H3,(H,14,15). The maximum absolute atomic E-state index is 10.6. The molecular formula is C10H9N3O3. The van der Waals surface area contributed by atoms with E-state index < -0.39 is 5.97 Å². The zero-order chi connectivity index (χ0) is 11.5. The van der Waals surface area contributed by atoms with E-state index in [1.807, 2.05) is 6.92 Å². The number of aromatic nitrogens is 3. The molecule has 0 unspecified atom stereocenters. The molecule has 0 aliphatic carbocycles. The molecule has 0 aromatic carbocycles. The molecule has 1 N–H and O–H groups in total. The Balaban J connectivity index is 2.46. The quantitative estimate of drug-likeness (QED) is 0.839. The zero-order valence-electron chi connectivity index (χ0n) is 8.54. The Morgan fingerprint density at radius 3 is 2.81 bits per heavy atom. The molecule has 2 aromatic heterocycles. The van der Waals surface area contributed by atoms with Crippen molar-refractivity contribution in [1.82, 2.24) is 15.1 Å². The maximum Gasteiger partial charge on any atom is 0.358 e. The summed E-state index contributed by atoms with van der Waals surface area (Å²) >= 11 is 0. The minimum Gasteiger partial charge on any atom is -0.476 e. The van der Waals surface area contributed by atoms with Gasteiger partial charge >= 0.3 is 5.97 Å². The predicted molar refractivity (Wildman–Crippen MR) is 53.9 cm³/mol. The zero-order valence-corrected chi connectivity index (χ0v) is 8.54. The van der Waals surface area contributed by atoms with Crippen LogP contribution in [0.15, 0.2) is 23.0 Å². The first-order chi connectivity index (χ1) is 7.72. The largest absolute Gasteiger partial charge is 0.476 e. The van der Waals surface area contributed by atoms with Crippen LogP contribution in [0.5, 0.6) is 0 Å². The van der Waals surface area contributed by atoms with Gasteiger partial charge in [0.1, 0.15) is 5.69 Å². The Bertz CT molecular complexity index is 522. The van der Waals surface area contributed by atoms with E-state index in [1.165, 1.54) is 12.3 Å². The molecule has 82 valence electrons. The van der Waals surface area contributed by atoms with Gasteiger partial charge in [0.15, 0.2) is 11.5 Å². The smallest absolute Gasteiger partial charge is 0.358 e. The van der Waals surface area contributed by atoms with Crippen molar-refractivity contribution < 1.29 is 14.4 Å². The molecule has 2 aromatic rings. The Kier molecular flexibility index (Phi) is 2.63. The van der Waals surface area contributed by atoms with Crippen molar-refractivity contribution in [3.05, 3.63) is 29.8 Å². The topological polar surface area (TPSA) is 89.1 Å². The number of hydrogen-bond acceptors (Lipinski definition) is 5. The first-order valence-electron chi connectivity index (χ1n) is 4.72. The fourth-order valence-electron chi connectivity index (χ4n) is 1.32. The van der Waals surface area contributed by atoms with Crippen molar-refractivity contribution in [3.63, 3.8) is 0 Å². The van der Waals surface area contributed by atoms with E-state index in [9.17, 15) is 4.79 Å². The molecule has 6 heteroatoms. The number of rotatable bonds is 3. The third-order valence-electron chi connectivity index (χ3n) is 2.07. The van der Waals surface area contributed by atoms with Crippen molar-refractivity contribution in [1.29, 1.82) is 0 Å². The summed E-state index contributed by atoms with van der Waals surface area (Å²) in [4.78, 5) is 18.9. The number of carbonyl (C=O) groups is 1. The van der Waals surface area contributed by atoms with Gasteiger partial charge in [0.2, 0.25) is 0 Å². The average molecular weight is 219 g/mol. The maximum atomic E-state index is 10.6. The van der Waals surface area contributed by atoms with Crippen molar-refractivity contribution in [2.45, 2.75) is 13.3 Å². The second-order valence-electron chi connectivity index (χ2n) is 3.09. The van der Waals surface area contributed by atoms with E-state index in [0.717, 1.165) is 5.69 Å². The molecule has 2 rings (SSSR count). The third-order valence-corrected chi connectivity index (χ3v) is 2.07. The van der Waals surface area contributed by atoms with Crippen molar-refractivity contribution >= 4 is 5.97 Å². The first kappa shape index (κ1) is 10.3. The Morgan fingerprint density at radius 2 is 2.19 bits per heavy atom. The van der Waals surface area contributed by atoms with Crippen LogP contribution in [0, 0.1) is 0 Å². The second-order valence-corrected chi connectivity index (χ2v) is 3.09. The highest BCUT2D eigenvalue weighted by Gasteiger charge is 2.15. The molecule has 0 spiro atoms. The van der Waals surface area contributed by atoms with Gasteiger partial charge < -0.3 is 9.63 Å². The summed E-state index contributed by atoms with van der Waals surface area (Å²) in [5.74, 6) is -0.806. The van der Waals surface area contributed by atoms with Crippen molar-refractivity contribution in [3.8, 4) is 11.5 Å². The van der Waals surface area contributed by atoms with Crippen LogP contribution in [0.2, 0.25) is 0 Å². The molecule has 0 fully saturated rings. The molecule has 6 nitrogen and oxygen atoms in total. The van der Waals surface area contributed by atoms with Gasteiger partial charge in [-0.25, -0.2) is 9.78 Å². The number of carboxylic acids is 1. The molecule has 0 bridgehead atoms. The lowest BCUT2D eigenvalue weighted by Crippen LogP contribution is -1.95. The number of nitrogens with zero attached hydrogens (tertiary/aromatic N) is 3. The van der Waals surface area contributed by atoms with Crippen LogP contribution in [0.4, 0.5) is 0 Å². The van der Waals surface area contributed by atoms with Gasteiger partial charge in [-0.1, -0.05) is 12.1 Å². The minimum atomic E-state index is -1.13. The first-order valence-corrected chi connectivity index (χ1v) is 4.72. The predicted octanol–water partition coefficient (Wildman–Crippen LogP) is 1.39. The molecule has 2 heterocycles. The molecule has 0 saturated carbocycles. The molecular weight excluding hydrogens is 210 g/mol. The fraction of sp³-hybridized carbons (Fsp3) is 0.200. The summed E-state index contributed by atoms with van der Waals surface area (Å²) in [6, 6.07) is 1.34. The van der Waals surface area contributed by atoms with Crippen LogP contribution in [0.1, 0.15) is 23.1 Å². The summed E-state index contributed by atoms with van der Waals surface area (Å²) < 4.78 is 4.92. The number of carboxylic acid groups (broad SMARTS) is 1. The van der Waals surface area contributed by atoms with Crippen LogP contribution in [0.25, 0.3) is 11.5 Å². The number of aromatic carboxylic acids is 1. The summed E-state index contributed by atoms with van der Waals surface area (Å²) in [5.41, 5.74) is 1.14. The van der Waals surface area contributed by atoms with Crippen LogP contribution < -0.4 is 0 Å². The molecule has 16 heavy (non-hydrogen) atoms. The van der Waals surface area contributed by atoms with Crippen LogP contribution in [-0.2, 0) is 6.42 Å². The fourth-order valence-corrected chi connectivity index (χ4v) is 1.32. The average Bonchev–Trinajstić information content (AvgIpc) is 2.78. The van der Waals surface area contributed by atoms with Crippen LogP contribution >= 0.6 is 0 Å². The molecule has 0 aliphatic heterocycles. The van der Waals surface area contributed by atoms with Gasteiger partial charge in [-0.2, -0.15) is 0 Å². The van der Waals surface area contributed by atoms with Crippen LogP contribution in [0.3, 0.4) is 0 Å². The van der Waals surface area contributed by atoms with E-state index in [0.29, 0.717) is 17.9 Å². The lowest BCUT2D eigenvalue weighted by atomic mass is 10.2. The van der Waals surface area contributed by atoms with E-state index in [4.69, 9.17) is 9.63 Å². The van der Waals surface area contributed by atoms with E-state index >= 15 is 0 Å². The molecule has 0 saturated heterocycles. The molecule has 0 aliphatic rings. The SMILES string of the molecule is CCc1nccnc1-c1cc(C(=O)O)no1. The summed E-state index contributed by atoms with van der Waals surface area (Å²) in [6.07, 6.45) is 3.79. The Morgan fingerprint density at radius 1 is 1.44 bits per heavy atom. The van der Waals surface area contributed by atoms with Crippen molar-refractivity contribution in [2.75, 3.05) is 0 Å². The van der Waals surface area contributed by atoms with E-state index in [1.54, 1.807) is 6.20 Å². The molecule has 0 radical (unpaired) electrons. The van der Waals surface area contributed by atoms with Gasteiger partial charge in [-0.05, 0) is 6.42 Å². The van der Waals surface area contributed by atoms with Gasteiger partial charge in [-0.3, -0.25) is 4.98 Å². The Hall–Kier alpha value is -2.24. The lowest BCUT2D eigenvalue weighted by Gasteiger charge is -1.99. The summed E-state index contributed by atoms with van der Waals surface area (Å²) in [7, 11) is 0. The van der Waals surface area contributed by atoms with Crippen LogP contribution in [-0.4, -0.2) is 26.2 Å². The Labute approximate surface area is 90.9 Å². The number of hydrogen-bond donors (Lipinski definition) is 1. The van der Waals surface area contributed by atoms with Crippen molar-refractivity contribution in [2.24, 2.45) is 0 Å². The highest BCUT2D eigenvalue weighted by Crippen LogP contribution is 2.20. The monoisotopic (exact) mass is 219 g/mol. The normalized spacial score (nSPS) is 10.3. The van der Waals surface area contributed by atoms with Gasteiger partial charge in [-0.15, -0.1) is 0 Å². The summed E-state index contributed by atoms with van der Waals surface area (Å²) in [5, 5.41) is 12.1. The third kappa shape index (κ3) is 1.77. The minimum absolute atomic E-state index is 0.136. The number of aryl methyl sites for hydroxylation is 1. The molecule has 0 atom stereocenters. The van der Waals surface area contributed by atoms with E-state index in [-0.39, 0.29) is 5.69 Å². The summed E-state index contributed by atoms with van der Waals surface area (Å²) in [6.45, 7) is 1.93. The lowest BCUT2D eigenvalue weighted by molar-refractivity contribution is 0.0686. The molecule has 0 amide bonds. The van der Waals surface area contributed by atoms with Gasteiger partial charge in [0, 0.05) is 18.5 Å². The van der Waals surface area contributed by atoms with E-state index in [2.05, 4.69) is 15.1 Å². The highest BCUT2D eigenvalue weighted by molar-refractivity contribution is 5.86. The second kappa shape index (κ2) is 4.09. The van der Waals surface area contributed by atoms with Gasteiger partial charge in [0.05, 0.1) is 5.69 Å².